The Hall–Kier alpha value is -0.0600. The molecule has 18 heavy (non-hydrogen) atoms. The number of halogens is 3. The lowest BCUT2D eigenvalue weighted by atomic mass is 10.0. The lowest BCUT2D eigenvalue weighted by molar-refractivity contribution is 0.630. The lowest BCUT2D eigenvalue weighted by Gasteiger charge is -2.19. The number of hydrogen-bond acceptors (Lipinski definition) is 2. The highest BCUT2D eigenvalue weighted by Crippen LogP contribution is 2.39. The first-order valence-corrected chi connectivity index (χ1v) is 7.92. The lowest BCUT2D eigenvalue weighted by Crippen LogP contribution is -2.22. The molecule has 0 spiro atoms. The summed E-state index contributed by atoms with van der Waals surface area (Å²) in [5.41, 5.74) is 2.19. The fourth-order valence-corrected chi connectivity index (χ4v) is 3.90. The third-order valence-electron chi connectivity index (χ3n) is 2.62. The van der Waals surface area contributed by atoms with E-state index in [1.807, 2.05) is 24.3 Å². The Morgan fingerprint density at radius 1 is 1.28 bits per heavy atom. The van der Waals surface area contributed by atoms with Crippen LogP contribution in [0.25, 0.3) is 0 Å². The molecule has 2 rings (SSSR count). The van der Waals surface area contributed by atoms with Crippen molar-refractivity contribution in [1.29, 1.82) is 0 Å². The molecule has 0 aliphatic heterocycles. The monoisotopic (exact) mass is 363 g/mol. The molecule has 0 fully saturated rings. The van der Waals surface area contributed by atoms with E-state index in [1.165, 1.54) is 11.3 Å². The van der Waals surface area contributed by atoms with Gasteiger partial charge in [-0.05, 0) is 24.2 Å². The Bertz CT molecular complexity index is 542. The highest BCUT2D eigenvalue weighted by Gasteiger charge is 2.20. The quantitative estimate of drug-likeness (QED) is 0.753. The van der Waals surface area contributed by atoms with Crippen molar-refractivity contribution in [3.8, 4) is 0 Å². The van der Waals surface area contributed by atoms with Crippen LogP contribution in [-0.4, -0.2) is 6.54 Å². The maximum atomic E-state index is 6.26. The van der Waals surface area contributed by atoms with E-state index in [-0.39, 0.29) is 6.04 Å². The van der Waals surface area contributed by atoms with Crippen LogP contribution in [-0.2, 0) is 0 Å². The first-order valence-electron chi connectivity index (χ1n) is 5.56. The summed E-state index contributed by atoms with van der Waals surface area (Å²) < 4.78 is 2.51. The van der Waals surface area contributed by atoms with Gasteiger partial charge < -0.3 is 5.32 Å². The summed E-state index contributed by atoms with van der Waals surface area (Å²) in [7, 11) is 0. The highest BCUT2D eigenvalue weighted by molar-refractivity contribution is 9.10. The number of rotatable bonds is 4. The Labute approximate surface area is 129 Å². The van der Waals surface area contributed by atoms with Gasteiger partial charge in [-0.15, -0.1) is 11.3 Å². The van der Waals surface area contributed by atoms with Crippen LogP contribution >= 0.6 is 50.5 Å². The summed E-state index contributed by atoms with van der Waals surface area (Å²) in [6.45, 7) is 2.93. The Morgan fingerprint density at radius 2 is 2.00 bits per heavy atom. The summed E-state index contributed by atoms with van der Waals surface area (Å²) in [6.07, 6.45) is 0. The van der Waals surface area contributed by atoms with Crippen LogP contribution in [0.1, 0.15) is 24.1 Å². The molecule has 1 heterocycles. The number of benzene rings is 1. The summed E-state index contributed by atoms with van der Waals surface area (Å²) in [5.74, 6) is 0. The SMILES string of the molecule is CCNC(c1ccccc1Br)c1cc(Cl)sc1Cl. The van der Waals surface area contributed by atoms with Gasteiger partial charge in [0.1, 0.15) is 0 Å². The number of nitrogens with one attached hydrogen (secondary N) is 1. The second kappa shape index (κ2) is 6.40. The van der Waals surface area contributed by atoms with Gasteiger partial charge in [0.2, 0.25) is 0 Å². The highest BCUT2D eigenvalue weighted by atomic mass is 79.9. The average Bonchev–Trinajstić information content (AvgIpc) is 2.66. The fraction of sp³-hybridized carbons (Fsp3) is 0.231. The Kier molecular flexibility index (Phi) is 5.10. The summed E-state index contributed by atoms with van der Waals surface area (Å²) in [6, 6.07) is 10.1. The molecular weight excluding hydrogens is 353 g/mol. The van der Waals surface area contributed by atoms with Crippen molar-refractivity contribution in [2.75, 3.05) is 6.54 Å². The van der Waals surface area contributed by atoms with Crippen LogP contribution in [0.3, 0.4) is 0 Å². The molecule has 1 aromatic carbocycles. The molecule has 0 saturated carbocycles. The van der Waals surface area contributed by atoms with Crippen LogP contribution < -0.4 is 5.32 Å². The van der Waals surface area contributed by atoms with E-state index in [4.69, 9.17) is 23.2 Å². The van der Waals surface area contributed by atoms with Crippen molar-refractivity contribution in [3.05, 3.63) is 54.6 Å². The molecule has 1 atom stereocenters. The number of hydrogen-bond donors (Lipinski definition) is 1. The topological polar surface area (TPSA) is 12.0 Å². The molecule has 0 aliphatic carbocycles. The van der Waals surface area contributed by atoms with Gasteiger partial charge in [-0.2, -0.15) is 0 Å². The minimum Gasteiger partial charge on any atom is -0.306 e. The van der Waals surface area contributed by atoms with Crippen molar-refractivity contribution >= 4 is 50.5 Å². The summed E-state index contributed by atoms with van der Waals surface area (Å²) in [4.78, 5) is 0. The molecule has 2 aromatic rings. The standard InChI is InChI=1S/C13H12BrCl2NS/c1-2-17-12(8-5-3-4-6-10(8)14)9-7-11(15)18-13(9)16/h3-7,12,17H,2H2,1H3. The normalized spacial score (nSPS) is 12.7. The molecule has 1 aromatic heterocycles. The largest absolute Gasteiger partial charge is 0.306 e. The van der Waals surface area contributed by atoms with Gasteiger partial charge in [-0.1, -0.05) is 64.3 Å². The molecule has 5 heteroatoms. The van der Waals surface area contributed by atoms with E-state index >= 15 is 0 Å². The zero-order valence-electron chi connectivity index (χ0n) is 9.71. The van der Waals surface area contributed by atoms with Crippen LogP contribution in [0, 0.1) is 0 Å². The van der Waals surface area contributed by atoms with Gasteiger partial charge >= 0.3 is 0 Å². The van der Waals surface area contributed by atoms with Crippen LogP contribution in [0.5, 0.6) is 0 Å². The molecule has 1 N–H and O–H groups in total. The van der Waals surface area contributed by atoms with Gasteiger partial charge in [0.25, 0.3) is 0 Å². The van der Waals surface area contributed by atoms with Crippen molar-refractivity contribution in [2.24, 2.45) is 0 Å². The molecule has 1 nitrogen and oxygen atoms in total. The predicted molar refractivity (Wildman–Crippen MR) is 84.0 cm³/mol. The van der Waals surface area contributed by atoms with Crippen molar-refractivity contribution in [2.45, 2.75) is 13.0 Å². The fourth-order valence-electron chi connectivity index (χ4n) is 1.85. The smallest absolute Gasteiger partial charge is 0.0995 e. The minimum absolute atomic E-state index is 0.0572. The van der Waals surface area contributed by atoms with Gasteiger partial charge in [-0.3, -0.25) is 0 Å². The van der Waals surface area contributed by atoms with Crippen LogP contribution in [0.4, 0.5) is 0 Å². The van der Waals surface area contributed by atoms with E-state index in [1.54, 1.807) is 0 Å². The molecule has 0 bridgehead atoms. The summed E-state index contributed by atoms with van der Waals surface area (Å²) >= 11 is 17.3. The van der Waals surface area contributed by atoms with Gasteiger partial charge in [0.05, 0.1) is 14.7 Å². The minimum atomic E-state index is 0.0572. The van der Waals surface area contributed by atoms with Crippen molar-refractivity contribution in [3.63, 3.8) is 0 Å². The molecule has 96 valence electrons. The zero-order chi connectivity index (χ0) is 13.1. The molecule has 0 radical (unpaired) electrons. The zero-order valence-corrected chi connectivity index (χ0v) is 13.6. The van der Waals surface area contributed by atoms with Crippen molar-refractivity contribution in [1.82, 2.24) is 5.32 Å². The average molecular weight is 365 g/mol. The Balaban J connectivity index is 2.46. The predicted octanol–water partition coefficient (Wildman–Crippen LogP) is 5.52. The van der Waals surface area contributed by atoms with E-state index in [9.17, 15) is 0 Å². The van der Waals surface area contributed by atoms with Gasteiger partial charge in [0.15, 0.2) is 0 Å². The second-order valence-corrected chi connectivity index (χ2v) is 6.93. The first kappa shape index (κ1) is 14.4. The van der Waals surface area contributed by atoms with E-state index in [0.29, 0.717) is 4.34 Å². The van der Waals surface area contributed by atoms with E-state index < -0.39 is 0 Å². The van der Waals surface area contributed by atoms with E-state index in [2.05, 4.69) is 34.2 Å². The third-order valence-corrected chi connectivity index (χ3v) is 4.86. The molecule has 0 amide bonds. The first-order chi connectivity index (χ1) is 8.63. The van der Waals surface area contributed by atoms with Gasteiger partial charge in [-0.25, -0.2) is 0 Å². The molecule has 0 saturated heterocycles. The summed E-state index contributed by atoms with van der Waals surface area (Å²) in [5, 5.41) is 3.44. The van der Waals surface area contributed by atoms with Crippen LogP contribution in [0.2, 0.25) is 8.67 Å². The van der Waals surface area contributed by atoms with Crippen LogP contribution in [0.15, 0.2) is 34.8 Å². The molecule has 1 unspecified atom stereocenters. The van der Waals surface area contributed by atoms with Crippen molar-refractivity contribution < 1.29 is 0 Å². The second-order valence-electron chi connectivity index (χ2n) is 3.79. The number of thiophene rings is 1. The molecular formula is C13H12BrCl2NS. The molecule has 0 aliphatic rings. The van der Waals surface area contributed by atoms with E-state index in [0.717, 1.165) is 26.5 Å². The maximum absolute atomic E-state index is 6.26. The maximum Gasteiger partial charge on any atom is 0.0995 e. The van der Waals surface area contributed by atoms with Gasteiger partial charge in [0, 0.05) is 10.0 Å². The Morgan fingerprint density at radius 3 is 2.56 bits per heavy atom. The third kappa shape index (κ3) is 3.09.